The lowest BCUT2D eigenvalue weighted by Gasteiger charge is -2.37. The molecule has 2 unspecified atom stereocenters. The minimum atomic E-state index is -3.52. The van der Waals surface area contributed by atoms with E-state index in [0.29, 0.717) is 18.8 Å². The first-order chi connectivity index (χ1) is 8.98. The van der Waals surface area contributed by atoms with Crippen LogP contribution in [0, 0.1) is 0 Å². The number of ether oxygens (including phenoxy) is 1. The van der Waals surface area contributed by atoms with Gasteiger partial charge in [-0.1, -0.05) is 12.1 Å². The first kappa shape index (κ1) is 17.2. The molecule has 0 aliphatic carbocycles. The number of piperazine rings is 1. The third kappa shape index (κ3) is 3.09. The number of nitrogens with zero attached hydrogens (tertiary/aromatic N) is 1. The van der Waals surface area contributed by atoms with Crippen LogP contribution < -0.4 is 10.1 Å². The van der Waals surface area contributed by atoms with Gasteiger partial charge >= 0.3 is 0 Å². The average molecular weight is 321 g/mol. The number of para-hydroxylation sites is 1. The third-order valence-electron chi connectivity index (χ3n) is 3.63. The molecular weight excluding hydrogens is 300 g/mol. The van der Waals surface area contributed by atoms with Gasteiger partial charge in [0.25, 0.3) is 0 Å². The molecule has 1 aliphatic heterocycles. The van der Waals surface area contributed by atoms with E-state index in [1.807, 2.05) is 13.8 Å². The summed E-state index contributed by atoms with van der Waals surface area (Å²) in [6.07, 6.45) is 0. The van der Waals surface area contributed by atoms with Crippen LogP contribution in [0.15, 0.2) is 29.2 Å². The van der Waals surface area contributed by atoms with E-state index in [0.717, 1.165) is 0 Å². The lowest BCUT2D eigenvalue weighted by atomic mass is 10.1. The van der Waals surface area contributed by atoms with Crippen LogP contribution in [-0.2, 0) is 10.0 Å². The zero-order valence-corrected chi connectivity index (χ0v) is 13.5. The van der Waals surface area contributed by atoms with Gasteiger partial charge in [0, 0.05) is 25.2 Å². The molecular formula is C13H21ClN2O3S. The smallest absolute Gasteiger partial charge is 0.247 e. The molecule has 114 valence electrons. The van der Waals surface area contributed by atoms with Gasteiger partial charge in [0.05, 0.1) is 7.11 Å². The Bertz CT molecular complexity index is 550. The van der Waals surface area contributed by atoms with E-state index in [9.17, 15) is 8.42 Å². The number of halogens is 1. The molecule has 1 aromatic rings. The van der Waals surface area contributed by atoms with Gasteiger partial charge in [-0.25, -0.2) is 8.42 Å². The van der Waals surface area contributed by atoms with Crippen molar-refractivity contribution in [3.05, 3.63) is 24.3 Å². The van der Waals surface area contributed by atoms with Crippen LogP contribution in [-0.4, -0.2) is 45.0 Å². The summed E-state index contributed by atoms with van der Waals surface area (Å²) in [6, 6.07) is 6.80. The number of hydrogen-bond acceptors (Lipinski definition) is 4. The number of hydrogen-bond donors (Lipinski definition) is 1. The summed E-state index contributed by atoms with van der Waals surface area (Å²) in [5.41, 5.74) is 0. The second kappa shape index (κ2) is 6.76. The molecule has 0 saturated carbocycles. The second-order valence-corrected chi connectivity index (χ2v) is 6.61. The first-order valence-corrected chi connectivity index (χ1v) is 7.80. The van der Waals surface area contributed by atoms with Gasteiger partial charge in [0.15, 0.2) is 0 Å². The summed E-state index contributed by atoms with van der Waals surface area (Å²) in [6.45, 7) is 5.06. The predicted molar refractivity (Wildman–Crippen MR) is 81.1 cm³/mol. The van der Waals surface area contributed by atoms with Crippen LogP contribution in [0.1, 0.15) is 13.8 Å². The van der Waals surface area contributed by atoms with Gasteiger partial charge in [0.1, 0.15) is 10.6 Å². The minimum Gasteiger partial charge on any atom is -0.495 e. The Morgan fingerprint density at radius 1 is 1.30 bits per heavy atom. The summed E-state index contributed by atoms with van der Waals surface area (Å²) in [4.78, 5) is 0.235. The molecule has 1 fully saturated rings. The number of rotatable bonds is 3. The maximum Gasteiger partial charge on any atom is 0.247 e. The molecule has 1 saturated heterocycles. The molecule has 0 amide bonds. The van der Waals surface area contributed by atoms with E-state index in [2.05, 4.69) is 5.32 Å². The molecule has 0 aromatic heterocycles. The number of methoxy groups -OCH3 is 1. The van der Waals surface area contributed by atoms with Crippen molar-refractivity contribution in [2.75, 3.05) is 20.2 Å². The molecule has 5 nitrogen and oxygen atoms in total. The Kier molecular flexibility index (Phi) is 5.82. The first-order valence-electron chi connectivity index (χ1n) is 6.36. The fraction of sp³-hybridized carbons (Fsp3) is 0.538. The molecule has 7 heteroatoms. The minimum absolute atomic E-state index is 0. The van der Waals surface area contributed by atoms with Crippen molar-refractivity contribution in [1.29, 1.82) is 0 Å². The summed E-state index contributed by atoms with van der Waals surface area (Å²) in [7, 11) is -2.03. The van der Waals surface area contributed by atoms with Gasteiger partial charge < -0.3 is 10.1 Å². The molecule has 2 rings (SSSR count). The van der Waals surface area contributed by atoms with E-state index in [-0.39, 0.29) is 29.4 Å². The van der Waals surface area contributed by atoms with E-state index in [4.69, 9.17) is 4.74 Å². The third-order valence-corrected chi connectivity index (χ3v) is 5.66. The summed E-state index contributed by atoms with van der Waals surface area (Å²) < 4.78 is 32.2. The quantitative estimate of drug-likeness (QED) is 0.916. The number of sulfonamides is 1. The molecule has 1 N–H and O–H groups in total. The van der Waals surface area contributed by atoms with Gasteiger partial charge in [0.2, 0.25) is 10.0 Å². The SMILES string of the molecule is COc1ccccc1S(=O)(=O)N1CCNC(C)C1C.Cl. The fourth-order valence-corrected chi connectivity index (χ4v) is 4.18. The van der Waals surface area contributed by atoms with Crippen molar-refractivity contribution in [1.82, 2.24) is 9.62 Å². The van der Waals surface area contributed by atoms with Crippen molar-refractivity contribution in [3.8, 4) is 5.75 Å². The Balaban J connectivity index is 0.00000200. The molecule has 0 bridgehead atoms. The van der Waals surface area contributed by atoms with Crippen LogP contribution in [0.2, 0.25) is 0 Å². The van der Waals surface area contributed by atoms with Crippen LogP contribution in [0.5, 0.6) is 5.75 Å². The molecule has 20 heavy (non-hydrogen) atoms. The van der Waals surface area contributed by atoms with Gasteiger partial charge in [-0.15, -0.1) is 12.4 Å². The topological polar surface area (TPSA) is 58.6 Å². The standard InChI is InChI=1S/C13H20N2O3S.ClH/c1-10-11(2)15(9-8-14-10)19(16,17)13-7-5-4-6-12(13)18-3;/h4-7,10-11,14H,8-9H2,1-3H3;1H. The lowest BCUT2D eigenvalue weighted by Crippen LogP contribution is -2.57. The second-order valence-electron chi connectivity index (χ2n) is 4.75. The molecule has 1 aliphatic rings. The monoisotopic (exact) mass is 320 g/mol. The van der Waals surface area contributed by atoms with Gasteiger partial charge in [-0.2, -0.15) is 4.31 Å². The van der Waals surface area contributed by atoms with E-state index in [1.165, 1.54) is 7.11 Å². The zero-order chi connectivity index (χ0) is 14.0. The van der Waals surface area contributed by atoms with Gasteiger partial charge in [-0.3, -0.25) is 0 Å². The van der Waals surface area contributed by atoms with Crippen LogP contribution in [0.25, 0.3) is 0 Å². The molecule has 1 aromatic carbocycles. The maximum absolute atomic E-state index is 12.7. The molecule has 0 spiro atoms. The Morgan fingerprint density at radius 2 is 1.95 bits per heavy atom. The average Bonchev–Trinajstić information content (AvgIpc) is 2.41. The van der Waals surface area contributed by atoms with Crippen molar-refractivity contribution < 1.29 is 13.2 Å². The van der Waals surface area contributed by atoms with E-state index in [1.54, 1.807) is 28.6 Å². The van der Waals surface area contributed by atoms with Crippen LogP contribution in [0.4, 0.5) is 0 Å². The highest BCUT2D eigenvalue weighted by molar-refractivity contribution is 7.89. The highest BCUT2D eigenvalue weighted by atomic mass is 35.5. The van der Waals surface area contributed by atoms with E-state index < -0.39 is 10.0 Å². The number of nitrogens with one attached hydrogen (secondary N) is 1. The summed E-state index contributed by atoms with van der Waals surface area (Å²) >= 11 is 0. The largest absolute Gasteiger partial charge is 0.495 e. The Morgan fingerprint density at radius 3 is 2.60 bits per heavy atom. The normalized spacial score (nSPS) is 23.9. The van der Waals surface area contributed by atoms with Crippen molar-refractivity contribution in [2.45, 2.75) is 30.8 Å². The van der Waals surface area contributed by atoms with Gasteiger partial charge in [-0.05, 0) is 26.0 Å². The fourth-order valence-electron chi connectivity index (χ4n) is 2.32. The van der Waals surface area contributed by atoms with Crippen molar-refractivity contribution in [3.63, 3.8) is 0 Å². The number of benzene rings is 1. The summed E-state index contributed by atoms with van der Waals surface area (Å²) in [5, 5.41) is 3.28. The Labute approximate surface area is 126 Å². The highest BCUT2D eigenvalue weighted by Crippen LogP contribution is 2.28. The molecule has 1 heterocycles. The highest BCUT2D eigenvalue weighted by Gasteiger charge is 2.35. The summed E-state index contributed by atoms with van der Waals surface area (Å²) in [5.74, 6) is 0.390. The Hall–Kier alpha value is -0.820. The van der Waals surface area contributed by atoms with Crippen molar-refractivity contribution >= 4 is 22.4 Å². The predicted octanol–water partition coefficient (Wildman–Crippen LogP) is 1.49. The molecule has 2 atom stereocenters. The maximum atomic E-state index is 12.7. The molecule has 0 radical (unpaired) electrons. The van der Waals surface area contributed by atoms with Crippen molar-refractivity contribution in [2.24, 2.45) is 0 Å². The zero-order valence-electron chi connectivity index (χ0n) is 11.9. The van der Waals surface area contributed by atoms with E-state index >= 15 is 0 Å². The van der Waals surface area contributed by atoms with Crippen LogP contribution >= 0.6 is 12.4 Å². The lowest BCUT2D eigenvalue weighted by molar-refractivity contribution is 0.232. The van der Waals surface area contributed by atoms with Crippen LogP contribution in [0.3, 0.4) is 0 Å².